The van der Waals surface area contributed by atoms with E-state index in [-0.39, 0.29) is 11.7 Å². The number of carbonyl (C=O) groups is 1. The summed E-state index contributed by atoms with van der Waals surface area (Å²) in [5.74, 6) is 1.27. The average Bonchev–Trinajstić information content (AvgIpc) is 2.59. The van der Waals surface area contributed by atoms with Gasteiger partial charge in [-0.15, -0.1) is 0 Å². The van der Waals surface area contributed by atoms with Gasteiger partial charge in [0.25, 0.3) is 0 Å². The summed E-state index contributed by atoms with van der Waals surface area (Å²) >= 11 is 3.51. The van der Waals surface area contributed by atoms with E-state index >= 15 is 0 Å². The van der Waals surface area contributed by atoms with Crippen LogP contribution in [0, 0.1) is 5.92 Å². The summed E-state index contributed by atoms with van der Waals surface area (Å²) in [4.78, 5) is 15.2. The predicted molar refractivity (Wildman–Crippen MR) is 111 cm³/mol. The Morgan fingerprint density at radius 1 is 1.12 bits per heavy atom. The van der Waals surface area contributed by atoms with Crippen molar-refractivity contribution < 1.29 is 9.53 Å². The van der Waals surface area contributed by atoms with Gasteiger partial charge in [-0.25, -0.2) is 0 Å². The Kier molecular flexibility index (Phi) is 7.85. The maximum absolute atomic E-state index is 13.1. The number of Topliss-reactive ketones (excluding diaryl/α,β-unsaturated/α-hetero) is 1. The minimum Gasteiger partial charge on any atom is -0.492 e. The molecule has 2 aromatic carbocycles. The summed E-state index contributed by atoms with van der Waals surface area (Å²) < 4.78 is 6.72. The molecule has 2 rings (SSSR count). The highest BCUT2D eigenvalue weighted by Gasteiger charge is 2.23. The first-order valence-corrected chi connectivity index (χ1v) is 9.83. The van der Waals surface area contributed by atoms with Crippen molar-refractivity contribution in [2.45, 2.75) is 26.2 Å². The second-order valence-corrected chi connectivity index (χ2v) is 8.19. The number of hydrogen-bond donors (Lipinski definition) is 0. The molecule has 1 unspecified atom stereocenters. The maximum Gasteiger partial charge on any atom is 0.170 e. The zero-order valence-electron chi connectivity index (χ0n) is 16.0. The topological polar surface area (TPSA) is 29.5 Å². The van der Waals surface area contributed by atoms with Crippen molar-refractivity contribution in [1.82, 2.24) is 4.90 Å². The van der Waals surface area contributed by atoms with Crippen LogP contribution in [0.4, 0.5) is 0 Å². The highest BCUT2D eigenvalue weighted by atomic mass is 79.9. The Morgan fingerprint density at radius 2 is 1.81 bits per heavy atom. The molecule has 0 aromatic heterocycles. The minimum absolute atomic E-state index is 0.131. The van der Waals surface area contributed by atoms with E-state index in [4.69, 9.17) is 4.74 Å². The quantitative estimate of drug-likeness (QED) is 0.511. The van der Waals surface area contributed by atoms with Crippen molar-refractivity contribution in [3.05, 3.63) is 64.1 Å². The Morgan fingerprint density at radius 3 is 2.38 bits per heavy atom. The molecule has 0 aliphatic carbocycles. The van der Waals surface area contributed by atoms with Gasteiger partial charge in [-0.2, -0.15) is 0 Å². The van der Waals surface area contributed by atoms with Gasteiger partial charge >= 0.3 is 0 Å². The Labute approximate surface area is 165 Å². The number of likely N-dealkylation sites (N-methyl/N-ethyl adjacent to an activating group) is 1. The van der Waals surface area contributed by atoms with Crippen LogP contribution in [0.2, 0.25) is 0 Å². The summed E-state index contributed by atoms with van der Waals surface area (Å²) in [6.45, 7) is 5.80. The molecule has 0 fully saturated rings. The van der Waals surface area contributed by atoms with Crippen molar-refractivity contribution in [1.29, 1.82) is 0 Å². The summed E-state index contributed by atoms with van der Waals surface area (Å²) in [6, 6.07) is 15.6. The van der Waals surface area contributed by atoms with E-state index in [2.05, 4.69) is 34.7 Å². The van der Waals surface area contributed by atoms with Crippen LogP contribution >= 0.6 is 15.9 Å². The summed E-state index contributed by atoms with van der Waals surface area (Å²) in [7, 11) is 4.03. The molecule has 0 bridgehead atoms. The number of carbonyl (C=O) groups excluding carboxylic acids is 1. The molecule has 0 aliphatic heterocycles. The third-order valence-electron chi connectivity index (χ3n) is 4.22. The average molecular weight is 418 g/mol. The van der Waals surface area contributed by atoms with Gasteiger partial charge in [0.1, 0.15) is 12.4 Å². The van der Waals surface area contributed by atoms with Crippen molar-refractivity contribution in [3.8, 4) is 5.75 Å². The number of ketones is 1. The molecule has 26 heavy (non-hydrogen) atoms. The molecule has 140 valence electrons. The van der Waals surface area contributed by atoms with E-state index in [1.54, 1.807) is 0 Å². The van der Waals surface area contributed by atoms with E-state index in [0.717, 1.165) is 34.3 Å². The Bertz CT molecular complexity index is 710. The zero-order valence-corrected chi connectivity index (χ0v) is 17.6. The summed E-state index contributed by atoms with van der Waals surface area (Å²) in [6.07, 6.45) is 0.830. The minimum atomic E-state index is -0.131. The van der Waals surface area contributed by atoms with Gasteiger partial charge in [0.05, 0.1) is 0 Å². The third-order valence-corrected chi connectivity index (χ3v) is 4.71. The summed E-state index contributed by atoms with van der Waals surface area (Å²) in [5.41, 5.74) is 1.79. The molecule has 1 atom stereocenters. The van der Waals surface area contributed by atoms with Crippen LogP contribution in [0.3, 0.4) is 0 Å². The van der Waals surface area contributed by atoms with E-state index in [0.29, 0.717) is 12.5 Å². The highest BCUT2D eigenvalue weighted by molar-refractivity contribution is 9.10. The van der Waals surface area contributed by atoms with E-state index < -0.39 is 0 Å². The smallest absolute Gasteiger partial charge is 0.170 e. The fraction of sp³-hybridized carbons (Fsp3) is 0.409. The fourth-order valence-electron chi connectivity index (χ4n) is 2.85. The van der Waals surface area contributed by atoms with Gasteiger partial charge in [0.15, 0.2) is 5.78 Å². The molecule has 0 saturated heterocycles. The van der Waals surface area contributed by atoms with Crippen LogP contribution in [-0.4, -0.2) is 37.9 Å². The van der Waals surface area contributed by atoms with Crippen molar-refractivity contribution in [2.24, 2.45) is 5.92 Å². The lowest BCUT2D eigenvalue weighted by Gasteiger charge is -2.19. The molecule has 4 heteroatoms. The molecule has 0 radical (unpaired) electrons. The molecule has 0 spiro atoms. The van der Waals surface area contributed by atoms with Crippen molar-refractivity contribution in [3.63, 3.8) is 0 Å². The van der Waals surface area contributed by atoms with Gasteiger partial charge in [-0.3, -0.25) is 4.79 Å². The number of rotatable bonds is 9. The first-order valence-electron chi connectivity index (χ1n) is 9.04. The van der Waals surface area contributed by atoms with Crippen molar-refractivity contribution in [2.75, 3.05) is 27.2 Å². The number of halogens is 1. The monoisotopic (exact) mass is 417 g/mol. The first kappa shape index (κ1) is 20.7. The molecular formula is C22H28BrNO2. The molecule has 0 amide bonds. The molecule has 3 nitrogen and oxygen atoms in total. The molecule has 2 aromatic rings. The van der Waals surface area contributed by atoms with Gasteiger partial charge in [-0.1, -0.05) is 41.9 Å². The number of nitrogens with zero attached hydrogens (tertiary/aromatic N) is 1. The van der Waals surface area contributed by atoms with Crippen LogP contribution in [-0.2, 0) is 0 Å². The predicted octanol–water partition coefficient (Wildman–Crippen LogP) is 5.40. The number of hydrogen-bond acceptors (Lipinski definition) is 3. The second kappa shape index (κ2) is 9.89. The first-order chi connectivity index (χ1) is 12.4. The van der Waals surface area contributed by atoms with Gasteiger partial charge in [-0.05, 0) is 68.4 Å². The maximum atomic E-state index is 13.1. The van der Waals surface area contributed by atoms with Crippen LogP contribution in [0.25, 0.3) is 0 Å². The molecule has 0 N–H and O–H groups in total. The lowest BCUT2D eigenvalue weighted by Crippen LogP contribution is -2.19. The largest absolute Gasteiger partial charge is 0.492 e. The second-order valence-electron chi connectivity index (χ2n) is 7.28. The van der Waals surface area contributed by atoms with Gasteiger partial charge in [0, 0.05) is 22.5 Å². The third kappa shape index (κ3) is 6.26. The zero-order chi connectivity index (χ0) is 19.1. The fourth-order valence-corrected chi connectivity index (χ4v) is 3.27. The van der Waals surface area contributed by atoms with E-state index in [9.17, 15) is 4.79 Å². The summed E-state index contributed by atoms with van der Waals surface area (Å²) in [5, 5.41) is 0. The van der Waals surface area contributed by atoms with Crippen LogP contribution in [0.1, 0.15) is 42.1 Å². The highest BCUT2D eigenvalue weighted by Crippen LogP contribution is 2.30. The van der Waals surface area contributed by atoms with Gasteiger partial charge in [0.2, 0.25) is 0 Å². The number of benzene rings is 2. The standard InChI is InChI=1S/C22H28BrNO2/c1-16(2)14-21(18-6-5-7-19(23)15-18)22(25)17-8-10-20(11-9-17)26-13-12-24(3)4/h5-11,15-16,21H,12-14H2,1-4H3. The van der Waals surface area contributed by atoms with E-state index in [1.165, 1.54) is 0 Å². The van der Waals surface area contributed by atoms with Crippen LogP contribution in [0.5, 0.6) is 5.75 Å². The molecular weight excluding hydrogens is 390 g/mol. The number of ether oxygens (including phenoxy) is 1. The SMILES string of the molecule is CC(C)CC(C(=O)c1ccc(OCCN(C)C)cc1)c1cccc(Br)c1. The van der Waals surface area contributed by atoms with Gasteiger partial charge < -0.3 is 9.64 Å². The van der Waals surface area contributed by atoms with Crippen LogP contribution in [0.15, 0.2) is 53.0 Å². The van der Waals surface area contributed by atoms with Crippen molar-refractivity contribution >= 4 is 21.7 Å². The van der Waals surface area contributed by atoms with Crippen LogP contribution < -0.4 is 4.74 Å². The van der Waals surface area contributed by atoms with E-state index in [1.807, 2.05) is 62.6 Å². The lowest BCUT2D eigenvalue weighted by atomic mass is 9.84. The Balaban J connectivity index is 2.15. The normalized spacial score (nSPS) is 12.4. The lowest BCUT2D eigenvalue weighted by molar-refractivity contribution is 0.0948. The molecule has 0 aliphatic rings. The molecule has 0 heterocycles. The molecule has 0 saturated carbocycles. The Hall–Kier alpha value is -1.65.